The van der Waals surface area contributed by atoms with E-state index in [1.54, 1.807) is 6.08 Å². The molecule has 0 aromatic heterocycles. The second-order valence-electron chi connectivity index (χ2n) is 3.05. The monoisotopic (exact) mass is 597 g/mol. The van der Waals surface area contributed by atoms with Gasteiger partial charge in [0.05, 0.1) is 11.5 Å². The van der Waals surface area contributed by atoms with Gasteiger partial charge >= 0.3 is 0 Å². The Bertz CT molecular complexity index is 431. The van der Waals surface area contributed by atoms with Gasteiger partial charge in [0.25, 0.3) is 5.24 Å². The van der Waals surface area contributed by atoms with Gasteiger partial charge in [-0.15, -0.1) is 0 Å². The number of alkyl halides is 1. The summed E-state index contributed by atoms with van der Waals surface area (Å²) in [4.78, 5) is 22.6. The summed E-state index contributed by atoms with van der Waals surface area (Å²) in [7, 11) is 0. The van der Waals surface area contributed by atoms with Gasteiger partial charge in [0.2, 0.25) is 5.24 Å². The van der Waals surface area contributed by atoms with Crippen LogP contribution in [0.15, 0.2) is 18.8 Å². The van der Waals surface area contributed by atoms with Gasteiger partial charge in [-0.1, -0.05) is 22.6 Å². The van der Waals surface area contributed by atoms with Crippen molar-refractivity contribution in [3.8, 4) is 0 Å². The molecule has 0 fully saturated rings. The van der Waals surface area contributed by atoms with Gasteiger partial charge < -0.3 is 5.73 Å². The maximum atomic E-state index is 11.4. The number of hydrogen-bond acceptors (Lipinski definition) is 3. The molecular weight excluding hydrogens is 594 g/mol. The standard InChI is InChI=1S/C8H4Cl2I3NO2/c9-6(15)3-2(11)1-8(13,14)4(5(3)12)7(10)16/h1,4H,14H2. The van der Waals surface area contributed by atoms with Crippen LogP contribution in [0, 0.1) is 5.92 Å². The van der Waals surface area contributed by atoms with Crippen LogP contribution in [-0.2, 0) is 9.59 Å². The Labute approximate surface area is 143 Å². The van der Waals surface area contributed by atoms with Crippen LogP contribution in [0.3, 0.4) is 0 Å². The molecule has 2 atom stereocenters. The summed E-state index contributed by atoms with van der Waals surface area (Å²) < 4.78 is 0.189. The lowest BCUT2D eigenvalue weighted by atomic mass is 9.93. The summed E-state index contributed by atoms with van der Waals surface area (Å²) >= 11 is 16.8. The lowest BCUT2D eigenvalue weighted by molar-refractivity contribution is -0.114. The van der Waals surface area contributed by atoms with Crippen molar-refractivity contribution >= 4 is 101 Å². The summed E-state index contributed by atoms with van der Waals surface area (Å²) in [5.74, 6) is -0.744. The molecule has 0 amide bonds. The molecule has 3 nitrogen and oxygen atoms in total. The number of rotatable bonds is 2. The van der Waals surface area contributed by atoms with Gasteiger partial charge in [0.1, 0.15) is 3.55 Å². The van der Waals surface area contributed by atoms with Crippen molar-refractivity contribution < 1.29 is 9.59 Å². The summed E-state index contributed by atoms with van der Waals surface area (Å²) in [6.45, 7) is 0. The Morgan fingerprint density at radius 3 is 2.25 bits per heavy atom. The number of nitrogens with two attached hydrogens (primary N) is 1. The van der Waals surface area contributed by atoms with Crippen molar-refractivity contribution in [2.24, 2.45) is 11.7 Å². The Hall–Kier alpha value is 1.55. The number of hydrogen-bond donors (Lipinski definition) is 1. The summed E-state index contributed by atoms with van der Waals surface area (Å²) in [5, 5.41) is -1.21. The molecule has 2 N–H and O–H groups in total. The first-order valence-electron chi connectivity index (χ1n) is 3.84. The molecule has 1 rings (SSSR count). The van der Waals surface area contributed by atoms with Crippen LogP contribution in [-0.4, -0.2) is 14.0 Å². The zero-order valence-electron chi connectivity index (χ0n) is 7.44. The van der Waals surface area contributed by atoms with Crippen molar-refractivity contribution in [1.29, 1.82) is 0 Å². The van der Waals surface area contributed by atoms with E-state index in [4.69, 9.17) is 28.9 Å². The third kappa shape index (κ3) is 3.11. The number of carbonyl (C=O) groups excluding carboxylic acids is 2. The third-order valence-electron chi connectivity index (χ3n) is 1.95. The Balaban J connectivity index is 3.41. The molecule has 0 aromatic carbocycles. The zero-order chi connectivity index (χ0) is 12.7. The van der Waals surface area contributed by atoms with E-state index < -0.39 is 19.9 Å². The quantitative estimate of drug-likeness (QED) is 0.230. The van der Waals surface area contributed by atoms with E-state index in [0.29, 0.717) is 12.7 Å². The third-order valence-corrected chi connectivity index (χ3v) is 5.30. The lowest BCUT2D eigenvalue weighted by Gasteiger charge is -2.32. The molecular formula is C8H4Cl2I3NO2. The molecule has 0 aliphatic heterocycles. The molecule has 0 saturated carbocycles. The van der Waals surface area contributed by atoms with E-state index in [0.717, 1.165) is 0 Å². The van der Waals surface area contributed by atoms with Crippen molar-refractivity contribution in [2.75, 3.05) is 0 Å². The van der Waals surface area contributed by atoms with Crippen molar-refractivity contribution in [3.05, 3.63) is 18.8 Å². The normalized spacial score (nSPS) is 30.1. The maximum absolute atomic E-state index is 11.4. The molecule has 2 unspecified atom stereocenters. The van der Waals surface area contributed by atoms with Gasteiger partial charge in [0.15, 0.2) is 0 Å². The first kappa shape index (κ1) is 15.6. The van der Waals surface area contributed by atoms with Crippen LogP contribution in [0.4, 0.5) is 0 Å². The molecule has 0 aromatic rings. The molecule has 16 heavy (non-hydrogen) atoms. The minimum Gasteiger partial charge on any atom is -0.313 e. The first-order chi connectivity index (χ1) is 7.18. The number of carbonyl (C=O) groups is 2. The Morgan fingerprint density at radius 2 is 1.88 bits per heavy atom. The van der Waals surface area contributed by atoms with Crippen molar-refractivity contribution in [3.63, 3.8) is 0 Å². The van der Waals surface area contributed by atoms with Crippen LogP contribution < -0.4 is 5.73 Å². The number of allylic oxidation sites excluding steroid dienone is 2. The fourth-order valence-electron chi connectivity index (χ4n) is 1.26. The maximum Gasteiger partial charge on any atom is 0.254 e. The second-order valence-corrected chi connectivity index (χ2v) is 7.96. The lowest BCUT2D eigenvalue weighted by Crippen LogP contribution is -2.44. The molecule has 8 heteroatoms. The molecule has 88 valence electrons. The Kier molecular flexibility index (Phi) is 5.54. The highest BCUT2D eigenvalue weighted by molar-refractivity contribution is 14.1. The van der Waals surface area contributed by atoms with Crippen LogP contribution in [0.25, 0.3) is 0 Å². The average Bonchev–Trinajstić information content (AvgIpc) is 1.97. The van der Waals surface area contributed by atoms with Gasteiger partial charge in [0, 0.05) is 7.16 Å². The highest BCUT2D eigenvalue weighted by Gasteiger charge is 2.43. The van der Waals surface area contributed by atoms with Gasteiger partial charge in [-0.3, -0.25) is 9.59 Å². The van der Waals surface area contributed by atoms with Crippen LogP contribution in [0.2, 0.25) is 0 Å². The van der Waals surface area contributed by atoms with E-state index in [1.807, 2.05) is 67.8 Å². The van der Waals surface area contributed by atoms with Crippen molar-refractivity contribution in [1.82, 2.24) is 0 Å². The van der Waals surface area contributed by atoms with Crippen molar-refractivity contribution in [2.45, 2.75) is 3.55 Å². The van der Waals surface area contributed by atoms with Gasteiger partial charge in [-0.05, 0) is 74.5 Å². The smallest absolute Gasteiger partial charge is 0.254 e. The molecule has 0 heterocycles. The fraction of sp³-hybridized carbons (Fsp3) is 0.250. The molecule has 0 spiro atoms. The minimum atomic E-state index is -0.931. The molecule has 0 saturated heterocycles. The predicted molar refractivity (Wildman–Crippen MR) is 89.3 cm³/mol. The number of halogens is 5. The summed E-state index contributed by atoms with van der Waals surface area (Å²) in [5.41, 5.74) is 6.28. The second kappa shape index (κ2) is 5.68. The van der Waals surface area contributed by atoms with Crippen LogP contribution in [0.5, 0.6) is 0 Å². The largest absolute Gasteiger partial charge is 0.313 e. The minimum absolute atomic E-state index is 0.305. The molecule has 0 radical (unpaired) electrons. The van der Waals surface area contributed by atoms with E-state index in [2.05, 4.69) is 0 Å². The average molecular weight is 598 g/mol. The van der Waals surface area contributed by atoms with E-state index in [-0.39, 0.29) is 0 Å². The summed E-state index contributed by atoms with van der Waals surface area (Å²) in [6, 6.07) is 0. The topological polar surface area (TPSA) is 60.2 Å². The first-order valence-corrected chi connectivity index (χ1v) is 7.83. The SMILES string of the molecule is NC1(I)C=C(I)C(C(=O)Cl)=C(I)C1C(=O)Cl. The van der Waals surface area contributed by atoms with E-state index >= 15 is 0 Å². The molecule has 1 aliphatic rings. The highest BCUT2D eigenvalue weighted by Crippen LogP contribution is 2.45. The fourth-order valence-corrected chi connectivity index (χ4v) is 7.44. The van der Waals surface area contributed by atoms with Crippen LogP contribution >= 0.6 is 91.0 Å². The summed E-state index contributed by atoms with van der Waals surface area (Å²) in [6.07, 6.45) is 1.62. The molecule has 1 aliphatic carbocycles. The van der Waals surface area contributed by atoms with Gasteiger partial charge in [-0.25, -0.2) is 0 Å². The van der Waals surface area contributed by atoms with Crippen LogP contribution in [0.1, 0.15) is 0 Å². The predicted octanol–water partition coefficient (Wildman–Crippen LogP) is 3.25. The Morgan fingerprint density at radius 1 is 1.38 bits per heavy atom. The molecule has 0 bridgehead atoms. The zero-order valence-corrected chi connectivity index (χ0v) is 15.4. The van der Waals surface area contributed by atoms with E-state index in [9.17, 15) is 9.59 Å². The van der Waals surface area contributed by atoms with E-state index in [1.165, 1.54) is 0 Å². The van der Waals surface area contributed by atoms with Gasteiger partial charge in [-0.2, -0.15) is 0 Å². The highest BCUT2D eigenvalue weighted by atomic mass is 127.